The first kappa shape index (κ1) is 10.8. The summed E-state index contributed by atoms with van der Waals surface area (Å²) in [6, 6.07) is 5.35. The zero-order valence-corrected chi connectivity index (χ0v) is 10.1. The van der Waals surface area contributed by atoms with E-state index in [9.17, 15) is 0 Å². The molecule has 82 valence electrons. The number of hydrogen-bond donors (Lipinski definition) is 1. The van der Waals surface area contributed by atoms with Crippen LogP contribution in [0.4, 0.5) is 11.8 Å². The zero-order chi connectivity index (χ0) is 11.4. The van der Waals surface area contributed by atoms with Gasteiger partial charge in [-0.25, -0.2) is 15.0 Å². The maximum Gasteiger partial charge on any atom is 0.228 e. The fourth-order valence-corrected chi connectivity index (χ4v) is 1.61. The largest absolute Gasteiger partial charge is 0.494 e. The number of aromatic nitrogens is 3. The summed E-state index contributed by atoms with van der Waals surface area (Å²) < 4.78 is 5.72. The Hall–Kier alpha value is -1.69. The SMILES string of the molecule is COc1ccc(Nc2ncccn2)nc1Br. The normalized spacial score (nSPS) is 9.88. The number of nitrogens with one attached hydrogen (secondary N) is 1. The zero-order valence-electron chi connectivity index (χ0n) is 8.51. The Labute approximate surface area is 101 Å². The van der Waals surface area contributed by atoms with Crippen molar-refractivity contribution in [2.75, 3.05) is 12.4 Å². The molecule has 0 saturated heterocycles. The minimum atomic E-state index is 0.507. The fourth-order valence-electron chi connectivity index (χ4n) is 1.12. The Balaban J connectivity index is 2.20. The second-order valence-corrected chi connectivity index (χ2v) is 3.64. The molecule has 0 spiro atoms. The van der Waals surface area contributed by atoms with Crippen molar-refractivity contribution in [3.8, 4) is 5.75 Å². The average molecular weight is 281 g/mol. The summed E-state index contributed by atoms with van der Waals surface area (Å²) in [5.41, 5.74) is 0. The second-order valence-electron chi connectivity index (χ2n) is 2.89. The van der Waals surface area contributed by atoms with E-state index in [0.29, 0.717) is 22.1 Å². The van der Waals surface area contributed by atoms with Gasteiger partial charge in [0, 0.05) is 12.4 Å². The number of methoxy groups -OCH3 is 1. The summed E-state index contributed by atoms with van der Waals surface area (Å²) in [7, 11) is 1.59. The van der Waals surface area contributed by atoms with Crippen molar-refractivity contribution in [3.05, 3.63) is 35.2 Å². The van der Waals surface area contributed by atoms with E-state index in [4.69, 9.17) is 4.74 Å². The molecule has 0 atom stereocenters. The van der Waals surface area contributed by atoms with Crippen molar-refractivity contribution in [1.82, 2.24) is 15.0 Å². The molecule has 0 radical (unpaired) electrons. The molecular formula is C10H9BrN4O. The molecule has 0 aliphatic heterocycles. The van der Waals surface area contributed by atoms with Gasteiger partial charge in [0.05, 0.1) is 7.11 Å². The topological polar surface area (TPSA) is 59.9 Å². The smallest absolute Gasteiger partial charge is 0.228 e. The second kappa shape index (κ2) is 4.89. The third kappa shape index (κ3) is 2.46. The highest BCUT2D eigenvalue weighted by Gasteiger charge is 2.03. The van der Waals surface area contributed by atoms with E-state index in [-0.39, 0.29) is 0 Å². The van der Waals surface area contributed by atoms with Crippen LogP contribution in [-0.4, -0.2) is 22.1 Å². The first-order valence-corrected chi connectivity index (χ1v) is 5.33. The molecule has 2 rings (SSSR count). The van der Waals surface area contributed by atoms with Gasteiger partial charge in [-0.3, -0.25) is 0 Å². The summed E-state index contributed by atoms with van der Waals surface area (Å²) in [5.74, 6) is 1.84. The summed E-state index contributed by atoms with van der Waals surface area (Å²) >= 11 is 3.30. The van der Waals surface area contributed by atoms with Crippen LogP contribution in [0.25, 0.3) is 0 Å². The number of rotatable bonds is 3. The maximum absolute atomic E-state index is 5.08. The van der Waals surface area contributed by atoms with Gasteiger partial charge in [-0.1, -0.05) is 0 Å². The number of anilines is 2. The predicted octanol–water partition coefficient (Wildman–Crippen LogP) is 2.39. The molecular weight excluding hydrogens is 272 g/mol. The highest BCUT2D eigenvalue weighted by Crippen LogP contribution is 2.24. The standard InChI is InChI=1S/C10H9BrN4O/c1-16-7-3-4-8(14-9(7)11)15-10-12-5-2-6-13-10/h2-6H,1H3,(H,12,13,14,15). The fraction of sp³-hybridized carbons (Fsp3) is 0.100. The van der Waals surface area contributed by atoms with E-state index in [2.05, 4.69) is 36.2 Å². The quantitative estimate of drug-likeness (QED) is 0.875. The minimum absolute atomic E-state index is 0.507. The van der Waals surface area contributed by atoms with Crippen molar-refractivity contribution in [1.29, 1.82) is 0 Å². The van der Waals surface area contributed by atoms with E-state index >= 15 is 0 Å². The van der Waals surface area contributed by atoms with Crippen LogP contribution in [0.2, 0.25) is 0 Å². The summed E-state index contributed by atoms with van der Waals surface area (Å²) in [6.07, 6.45) is 3.32. The van der Waals surface area contributed by atoms with Crippen LogP contribution >= 0.6 is 15.9 Å². The van der Waals surface area contributed by atoms with Gasteiger partial charge in [0.2, 0.25) is 5.95 Å². The Morgan fingerprint density at radius 2 is 2.00 bits per heavy atom. The molecule has 0 bridgehead atoms. The molecule has 2 aromatic rings. The van der Waals surface area contributed by atoms with E-state index in [1.54, 1.807) is 31.6 Å². The number of ether oxygens (including phenoxy) is 1. The lowest BCUT2D eigenvalue weighted by atomic mass is 10.4. The Morgan fingerprint density at radius 1 is 1.25 bits per heavy atom. The molecule has 1 N–H and O–H groups in total. The number of nitrogens with zero attached hydrogens (tertiary/aromatic N) is 3. The molecule has 0 aliphatic rings. The van der Waals surface area contributed by atoms with Gasteiger partial charge in [-0.15, -0.1) is 0 Å². The van der Waals surface area contributed by atoms with E-state index < -0.39 is 0 Å². The van der Waals surface area contributed by atoms with Gasteiger partial charge in [-0.2, -0.15) is 0 Å². The molecule has 0 unspecified atom stereocenters. The number of halogens is 1. The lowest BCUT2D eigenvalue weighted by Crippen LogP contribution is -1.98. The van der Waals surface area contributed by atoms with E-state index in [0.717, 1.165) is 0 Å². The van der Waals surface area contributed by atoms with Gasteiger partial charge >= 0.3 is 0 Å². The van der Waals surface area contributed by atoms with Crippen LogP contribution in [0.15, 0.2) is 35.2 Å². The molecule has 0 aliphatic carbocycles. The summed E-state index contributed by atoms with van der Waals surface area (Å²) in [4.78, 5) is 12.3. The molecule has 0 aromatic carbocycles. The van der Waals surface area contributed by atoms with Gasteiger partial charge in [-0.05, 0) is 34.1 Å². The minimum Gasteiger partial charge on any atom is -0.494 e. The van der Waals surface area contributed by atoms with Crippen LogP contribution in [0, 0.1) is 0 Å². The van der Waals surface area contributed by atoms with Crippen molar-refractivity contribution in [3.63, 3.8) is 0 Å². The highest BCUT2D eigenvalue weighted by atomic mass is 79.9. The molecule has 0 amide bonds. The van der Waals surface area contributed by atoms with Crippen LogP contribution < -0.4 is 10.1 Å². The first-order chi connectivity index (χ1) is 7.79. The molecule has 2 aromatic heterocycles. The Kier molecular flexibility index (Phi) is 3.31. The lowest BCUT2D eigenvalue weighted by molar-refractivity contribution is 0.410. The Bertz CT molecular complexity index is 478. The first-order valence-electron chi connectivity index (χ1n) is 4.54. The van der Waals surface area contributed by atoms with Crippen molar-refractivity contribution in [2.45, 2.75) is 0 Å². The number of pyridine rings is 1. The molecule has 16 heavy (non-hydrogen) atoms. The van der Waals surface area contributed by atoms with Crippen LogP contribution in [0.3, 0.4) is 0 Å². The highest BCUT2D eigenvalue weighted by molar-refractivity contribution is 9.10. The monoisotopic (exact) mass is 280 g/mol. The van der Waals surface area contributed by atoms with Gasteiger partial charge < -0.3 is 10.1 Å². The molecule has 0 fully saturated rings. The van der Waals surface area contributed by atoms with Gasteiger partial charge in [0.15, 0.2) is 5.75 Å². The van der Waals surface area contributed by atoms with Crippen LogP contribution in [0.1, 0.15) is 0 Å². The number of hydrogen-bond acceptors (Lipinski definition) is 5. The molecule has 6 heteroatoms. The van der Waals surface area contributed by atoms with Crippen molar-refractivity contribution >= 4 is 27.7 Å². The van der Waals surface area contributed by atoms with Crippen molar-refractivity contribution < 1.29 is 4.74 Å². The maximum atomic E-state index is 5.08. The van der Waals surface area contributed by atoms with Gasteiger partial charge in [0.1, 0.15) is 10.4 Å². The third-order valence-corrected chi connectivity index (χ3v) is 2.41. The molecule has 0 saturated carbocycles. The third-order valence-electron chi connectivity index (χ3n) is 1.84. The van der Waals surface area contributed by atoms with Crippen LogP contribution in [0.5, 0.6) is 5.75 Å². The predicted molar refractivity (Wildman–Crippen MR) is 63.8 cm³/mol. The molecule has 2 heterocycles. The van der Waals surface area contributed by atoms with E-state index in [1.807, 2.05) is 6.07 Å². The van der Waals surface area contributed by atoms with Crippen molar-refractivity contribution in [2.24, 2.45) is 0 Å². The van der Waals surface area contributed by atoms with E-state index in [1.165, 1.54) is 0 Å². The summed E-state index contributed by atoms with van der Waals surface area (Å²) in [6.45, 7) is 0. The summed E-state index contributed by atoms with van der Waals surface area (Å²) in [5, 5.41) is 2.98. The average Bonchev–Trinajstić information content (AvgIpc) is 2.31. The van der Waals surface area contributed by atoms with Gasteiger partial charge in [0.25, 0.3) is 0 Å². The van der Waals surface area contributed by atoms with Crippen LogP contribution in [-0.2, 0) is 0 Å². The Morgan fingerprint density at radius 3 is 2.62 bits per heavy atom. The lowest BCUT2D eigenvalue weighted by Gasteiger charge is -2.06. The molecule has 5 nitrogen and oxygen atoms in total.